The van der Waals surface area contributed by atoms with Crippen LogP contribution in [0, 0.1) is 6.92 Å². The maximum atomic E-state index is 12.8. The van der Waals surface area contributed by atoms with E-state index in [1.54, 1.807) is 55.5 Å². The van der Waals surface area contributed by atoms with Crippen LogP contribution in [0.15, 0.2) is 48.5 Å². The molecule has 28 heavy (non-hydrogen) atoms. The lowest BCUT2D eigenvalue weighted by atomic mass is 10.1. The predicted molar refractivity (Wildman–Crippen MR) is 106 cm³/mol. The largest absolute Gasteiger partial charge is 0.349 e. The summed E-state index contributed by atoms with van der Waals surface area (Å²) >= 11 is 6.01. The summed E-state index contributed by atoms with van der Waals surface area (Å²) in [5, 5.41) is 14.8. The molecule has 2 aromatic carbocycles. The Morgan fingerprint density at radius 3 is 2.61 bits per heavy atom. The number of carbonyl (C=O) groups is 2. The van der Waals surface area contributed by atoms with E-state index >= 15 is 0 Å². The van der Waals surface area contributed by atoms with Crippen LogP contribution >= 0.6 is 11.6 Å². The lowest BCUT2D eigenvalue weighted by Crippen LogP contribution is -2.27. The predicted octanol–water partition coefficient (Wildman–Crippen LogP) is 3.37. The molecule has 1 saturated carbocycles. The number of benzene rings is 2. The first-order chi connectivity index (χ1) is 13.5. The Labute approximate surface area is 166 Å². The molecule has 4 rings (SSSR count). The van der Waals surface area contributed by atoms with Crippen molar-refractivity contribution in [2.75, 3.05) is 5.32 Å². The summed E-state index contributed by atoms with van der Waals surface area (Å²) < 4.78 is 0. The number of aryl methyl sites for hydroxylation is 1. The van der Waals surface area contributed by atoms with Gasteiger partial charge in [-0.25, -0.2) is 0 Å². The molecular weight excluding hydrogens is 378 g/mol. The quantitative estimate of drug-likeness (QED) is 0.693. The molecule has 0 radical (unpaired) electrons. The highest BCUT2D eigenvalue weighted by atomic mass is 35.5. The Morgan fingerprint density at radius 2 is 1.86 bits per heavy atom. The van der Waals surface area contributed by atoms with E-state index in [1.165, 1.54) is 4.80 Å². The number of rotatable bonds is 5. The first kappa shape index (κ1) is 18.2. The molecule has 1 aliphatic carbocycles. The van der Waals surface area contributed by atoms with E-state index in [0.29, 0.717) is 27.7 Å². The fourth-order valence-electron chi connectivity index (χ4n) is 2.77. The summed E-state index contributed by atoms with van der Waals surface area (Å²) in [5.74, 6) is -0.629. The molecule has 3 aromatic rings. The fraction of sp³-hybridized carbons (Fsp3) is 0.200. The second kappa shape index (κ2) is 7.44. The highest BCUT2D eigenvalue weighted by Gasteiger charge is 2.25. The number of halogens is 1. The molecule has 0 atom stereocenters. The molecule has 0 spiro atoms. The van der Waals surface area contributed by atoms with Gasteiger partial charge in [0.25, 0.3) is 11.8 Å². The summed E-state index contributed by atoms with van der Waals surface area (Å²) in [6.45, 7) is 1.70. The molecule has 1 aromatic heterocycles. The van der Waals surface area contributed by atoms with Crippen molar-refractivity contribution in [2.45, 2.75) is 25.8 Å². The highest BCUT2D eigenvalue weighted by molar-refractivity contribution is 6.30. The normalized spacial score (nSPS) is 13.2. The van der Waals surface area contributed by atoms with Crippen molar-refractivity contribution in [3.05, 3.63) is 70.5 Å². The van der Waals surface area contributed by atoms with Crippen LogP contribution in [0.3, 0.4) is 0 Å². The van der Waals surface area contributed by atoms with Crippen molar-refractivity contribution >= 4 is 29.1 Å². The lowest BCUT2D eigenvalue weighted by molar-refractivity contribution is 0.0952. The van der Waals surface area contributed by atoms with E-state index in [0.717, 1.165) is 12.8 Å². The molecule has 0 unspecified atom stereocenters. The van der Waals surface area contributed by atoms with Crippen molar-refractivity contribution < 1.29 is 9.59 Å². The molecule has 2 N–H and O–H groups in total. The number of anilines is 1. The third kappa shape index (κ3) is 3.89. The average molecular weight is 396 g/mol. The molecule has 7 nitrogen and oxygen atoms in total. The van der Waals surface area contributed by atoms with Crippen LogP contribution < -0.4 is 10.6 Å². The lowest BCUT2D eigenvalue weighted by Gasteiger charge is -2.10. The molecule has 2 amide bonds. The van der Waals surface area contributed by atoms with Gasteiger partial charge >= 0.3 is 0 Å². The monoisotopic (exact) mass is 395 g/mol. The maximum Gasteiger partial charge on any atom is 0.278 e. The first-order valence-electron chi connectivity index (χ1n) is 8.92. The number of nitrogens with zero attached hydrogens (tertiary/aromatic N) is 3. The van der Waals surface area contributed by atoms with Gasteiger partial charge in [0, 0.05) is 11.1 Å². The first-order valence-corrected chi connectivity index (χ1v) is 9.30. The van der Waals surface area contributed by atoms with Crippen molar-refractivity contribution in [1.29, 1.82) is 0 Å². The number of para-hydroxylation sites is 1. The summed E-state index contributed by atoms with van der Waals surface area (Å²) in [6, 6.07) is 14.2. The molecule has 1 fully saturated rings. The van der Waals surface area contributed by atoms with E-state index in [4.69, 9.17) is 11.6 Å². The Morgan fingerprint density at radius 1 is 1.07 bits per heavy atom. The van der Waals surface area contributed by atoms with Crippen LogP contribution in [0.1, 0.15) is 39.4 Å². The number of nitrogens with one attached hydrogen (secondary N) is 2. The van der Waals surface area contributed by atoms with Crippen molar-refractivity contribution in [3.63, 3.8) is 0 Å². The summed E-state index contributed by atoms with van der Waals surface area (Å²) in [4.78, 5) is 26.5. The minimum atomic E-state index is -0.433. The zero-order valence-corrected chi connectivity index (χ0v) is 15.9. The van der Waals surface area contributed by atoms with Crippen LogP contribution in [0.25, 0.3) is 5.69 Å². The second-order valence-electron chi connectivity index (χ2n) is 6.65. The van der Waals surface area contributed by atoms with E-state index in [9.17, 15) is 9.59 Å². The molecule has 1 aliphatic rings. The SMILES string of the molecule is Cc1nn(-c2cccc(Cl)c2)nc1C(=O)Nc1ccccc1C(=O)NC1CC1. The van der Waals surface area contributed by atoms with Gasteiger partial charge in [-0.3, -0.25) is 9.59 Å². The van der Waals surface area contributed by atoms with Crippen molar-refractivity contribution in [3.8, 4) is 5.69 Å². The molecular formula is C20H18ClN5O2. The number of hydrogen-bond acceptors (Lipinski definition) is 4. The van der Waals surface area contributed by atoms with Gasteiger partial charge in [-0.05, 0) is 50.1 Å². The van der Waals surface area contributed by atoms with E-state index < -0.39 is 5.91 Å². The van der Waals surface area contributed by atoms with Crippen LogP contribution in [0.5, 0.6) is 0 Å². The number of aromatic nitrogens is 3. The van der Waals surface area contributed by atoms with Gasteiger partial charge < -0.3 is 10.6 Å². The summed E-state index contributed by atoms with van der Waals surface area (Å²) in [5.41, 5.74) is 2.15. The van der Waals surface area contributed by atoms with Gasteiger partial charge in [0.05, 0.1) is 22.6 Å². The number of hydrogen-bond donors (Lipinski definition) is 2. The topological polar surface area (TPSA) is 88.9 Å². The third-order valence-electron chi connectivity index (χ3n) is 4.37. The summed E-state index contributed by atoms with van der Waals surface area (Å²) in [7, 11) is 0. The smallest absolute Gasteiger partial charge is 0.278 e. The van der Waals surface area contributed by atoms with Gasteiger partial charge in [-0.1, -0.05) is 29.8 Å². The van der Waals surface area contributed by atoms with E-state index in [2.05, 4.69) is 20.8 Å². The standard InChI is InChI=1S/C20H18ClN5O2/c1-12-18(25-26(24-12)15-6-4-5-13(21)11-15)20(28)23-17-8-3-2-7-16(17)19(27)22-14-9-10-14/h2-8,11,14H,9-10H2,1H3,(H,22,27)(H,23,28). The van der Waals surface area contributed by atoms with Crippen LogP contribution in [0.2, 0.25) is 5.02 Å². The van der Waals surface area contributed by atoms with Gasteiger partial charge in [-0.2, -0.15) is 9.90 Å². The van der Waals surface area contributed by atoms with Crippen molar-refractivity contribution in [1.82, 2.24) is 20.3 Å². The summed E-state index contributed by atoms with van der Waals surface area (Å²) in [6.07, 6.45) is 1.98. The Bertz CT molecular complexity index is 1060. The molecule has 1 heterocycles. The maximum absolute atomic E-state index is 12.8. The van der Waals surface area contributed by atoms with Gasteiger partial charge in [-0.15, -0.1) is 5.10 Å². The van der Waals surface area contributed by atoms with Crippen LogP contribution in [-0.2, 0) is 0 Å². The Hall–Kier alpha value is -3.19. The van der Waals surface area contributed by atoms with Gasteiger partial charge in [0.2, 0.25) is 0 Å². The zero-order chi connectivity index (χ0) is 19.7. The molecule has 0 aliphatic heterocycles. The molecule has 0 saturated heterocycles. The van der Waals surface area contributed by atoms with E-state index in [1.807, 2.05) is 0 Å². The average Bonchev–Trinajstić information content (AvgIpc) is 3.40. The number of carbonyl (C=O) groups excluding carboxylic acids is 2. The Kier molecular flexibility index (Phi) is 4.83. The highest BCUT2D eigenvalue weighted by Crippen LogP contribution is 2.22. The van der Waals surface area contributed by atoms with Crippen LogP contribution in [-0.4, -0.2) is 32.9 Å². The van der Waals surface area contributed by atoms with Gasteiger partial charge in [0.1, 0.15) is 0 Å². The van der Waals surface area contributed by atoms with Gasteiger partial charge in [0.15, 0.2) is 5.69 Å². The zero-order valence-electron chi connectivity index (χ0n) is 15.1. The minimum Gasteiger partial charge on any atom is -0.349 e. The van der Waals surface area contributed by atoms with Crippen LogP contribution in [0.4, 0.5) is 5.69 Å². The Balaban J connectivity index is 1.57. The van der Waals surface area contributed by atoms with E-state index in [-0.39, 0.29) is 17.6 Å². The molecule has 0 bridgehead atoms. The second-order valence-corrected chi connectivity index (χ2v) is 7.09. The fourth-order valence-corrected chi connectivity index (χ4v) is 2.95. The van der Waals surface area contributed by atoms with Crippen molar-refractivity contribution in [2.24, 2.45) is 0 Å². The minimum absolute atomic E-state index is 0.178. The number of amides is 2. The molecule has 142 valence electrons. The molecule has 8 heteroatoms. The third-order valence-corrected chi connectivity index (χ3v) is 4.60.